The normalized spacial score (nSPS) is 48.9. The van der Waals surface area contributed by atoms with Crippen molar-refractivity contribution < 1.29 is 15.3 Å². The van der Waals surface area contributed by atoms with Crippen LogP contribution in [0, 0.1) is 64.1 Å². The van der Waals surface area contributed by atoms with E-state index in [2.05, 4.69) is 60.6 Å². The first-order chi connectivity index (χ1) is 15.4. The van der Waals surface area contributed by atoms with Gasteiger partial charge in [0.15, 0.2) is 0 Å². The van der Waals surface area contributed by atoms with Gasteiger partial charge in [0.05, 0.1) is 18.3 Å². The van der Waals surface area contributed by atoms with Crippen LogP contribution in [-0.4, -0.2) is 33.6 Å². The second kappa shape index (κ2) is 9.25. The lowest BCUT2D eigenvalue weighted by atomic mass is 9.43. The lowest BCUT2D eigenvalue weighted by Crippen LogP contribution is -2.60. The molecule has 190 valence electrons. The number of allylic oxidation sites excluding steroid dienone is 2. The highest BCUT2D eigenvalue weighted by molar-refractivity contribution is 5.13. The van der Waals surface area contributed by atoms with Crippen LogP contribution in [0.4, 0.5) is 0 Å². The smallest absolute Gasteiger partial charge is 0.0804 e. The molecule has 4 aliphatic rings. The van der Waals surface area contributed by atoms with E-state index in [4.69, 9.17) is 0 Å². The van der Waals surface area contributed by atoms with Crippen molar-refractivity contribution in [2.24, 2.45) is 64.1 Å². The van der Waals surface area contributed by atoms with E-state index < -0.39 is 12.2 Å². The highest BCUT2D eigenvalue weighted by atomic mass is 16.3. The van der Waals surface area contributed by atoms with Gasteiger partial charge in [-0.2, -0.15) is 0 Å². The van der Waals surface area contributed by atoms with Gasteiger partial charge in [0.1, 0.15) is 0 Å². The summed E-state index contributed by atoms with van der Waals surface area (Å²) < 4.78 is 0. The molecule has 0 aromatic rings. The molecule has 0 radical (unpaired) electrons. The molecule has 3 N–H and O–H groups in total. The molecule has 3 heteroatoms. The Morgan fingerprint density at radius 3 is 1.97 bits per heavy atom. The number of rotatable bonds is 5. The lowest BCUT2D eigenvalue weighted by molar-refractivity contribution is -0.195. The molecule has 3 nitrogen and oxygen atoms in total. The van der Waals surface area contributed by atoms with E-state index in [1.807, 2.05) is 0 Å². The maximum atomic E-state index is 11.2. The molecule has 0 aromatic carbocycles. The lowest BCUT2D eigenvalue weighted by Gasteiger charge is -2.62. The van der Waals surface area contributed by atoms with Crippen molar-refractivity contribution in [3.63, 3.8) is 0 Å². The van der Waals surface area contributed by atoms with Gasteiger partial charge >= 0.3 is 0 Å². The minimum atomic E-state index is -0.674. The Hall–Kier alpha value is -0.380. The molecule has 0 saturated heterocycles. The van der Waals surface area contributed by atoms with Crippen LogP contribution in [-0.2, 0) is 0 Å². The molecule has 4 saturated carbocycles. The maximum absolute atomic E-state index is 11.2. The van der Waals surface area contributed by atoms with Crippen LogP contribution in [0.3, 0.4) is 0 Å². The zero-order valence-electron chi connectivity index (χ0n) is 22.4. The van der Waals surface area contributed by atoms with Gasteiger partial charge in [0.2, 0.25) is 0 Å². The standard InChI is InChI=1S/C30H52O3/c1-17(2)20(18(3)4)9-8-19(5)22-10-11-23-21-14-26(31)25-15-27(32)28(33)16-30(25,7)24(21)12-13-29(22,23)6/h8-9,17-28,31-33H,10-16H2,1-7H3/b9-8-/t19-,21+,22-,23+,24+,25?,26+,27+,28+,29-,30-/m1/s1. The average molecular weight is 461 g/mol. The summed E-state index contributed by atoms with van der Waals surface area (Å²) in [5, 5.41) is 32.1. The minimum absolute atomic E-state index is 0.0480. The predicted molar refractivity (Wildman–Crippen MR) is 135 cm³/mol. The molecule has 11 atom stereocenters. The SMILES string of the molecule is CC(C)C(/C=C\[C@@H](C)[C@H]1CC[C@H]2[C@@H]3C[C@H](O)C4C[C@H](O)[C@@H](O)C[C@]4(C)[C@H]3CC[C@]12C)C(C)C. The van der Waals surface area contributed by atoms with Crippen molar-refractivity contribution in [1.82, 2.24) is 0 Å². The fourth-order valence-corrected chi connectivity index (χ4v) is 9.88. The number of fused-ring (bicyclic) bond motifs is 5. The highest BCUT2D eigenvalue weighted by Gasteiger charge is 2.63. The first-order valence-electron chi connectivity index (χ1n) is 14.1. The molecule has 0 amide bonds. The second-order valence-electron chi connectivity index (χ2n) is 13.9. The molecular weight excluding hydrogens is 408 g/mol. The van der Waals surface area contributed by atoms with E-state index in [1.54, 1.807) is 0 Å². The van der Waals surface area contributed by atoms with Gasteiger partial charge in [0.25, 0.3) is 0 Å². The van der Waals surface area contributed by atoms with Crippen molar-refractivity contribution in [2.75, 3.05) is 0 Å². The number of hydrogen-bond acceptors (Lipinski definition) is 3. The van der Waals surface area contributed by atoms with Crippen LogP contribution in [0.1, 0.15) is 93.4 Å². The van der Waals surface area contributed by atoms with Gasteiger partial charge in [-0.1, -0.05) is 60.6 Å². The molecule has 0 bridgehead atoms. The zero-order chi connectivity index (χ0) is 24.3. The monoisotopic (exact) mass is 460 g/mol. The van der Waals surface area contributed by atoms with Crippen LogP contribution in [0.5, 0.6) is 0 Å². The van der Waals surface area contributed by atoms with E-state index in [-0.39, 0.29) is 17.4 Å². The Morgan fingerprint density at radius 2 is 1.33 bits per heavy atom. The Kier molecular flexibility index (Phi) is 7.20. The van der Waals surface area contributed by atoms with Crippen molar-refractivity contribution in [3.05, 3.63) is 12.2 Å². The van der Waals surface area contributed by atoms with Crippen LogP contribution in [0.25, 0.3) is 0 Å². The molecule has 0 heterocycles. The largest absolute Gasteiger partial charge is 0.393 e. The molecule has 4 rings (SSSR count). The number of aliphatic hydroxyl groups is 3. The molecule has 4 fully saturated rings. The third-order valence-electron chi connectivity index (χ3n) is 11.6. The number of hydrogen-bond donors (Lipinski definition) is 3. The van der Waals surface area contributed by atoms with Gasteiger partial charge in [-0.25, -0.2) is 0 Å². The van der Waals surface area contributed by atoms with E-state index in [0.717, 1.165) is 12.3 Å². The zero-order valence-corrected chi connectivity index (χ0v) is 22.4. The Labute approximate surface area is 203 Å². The summed E-state index contributed by atoms with van der Waals surface area (Å²) in [5.74, 6) is 5.26. The van der Waals surface area contributed by atoms with E-state index >= 15 is 0 Å². The average Bonchev–Trinajstić information content (AvgIpc) is 3.07. The van der Waals surface area contributed by atoms with Crippen LogP contribution in [0.15, 0.2) is 12.2 Å². The van der Waals surface area contributed by atoms with E-state index in [9.17, 15) is 15.3 Å². The Bertz CT molecular complexity index is 707. The van der Waals surface area contributed by atoms with E-state index in [1.165, 1.54) is 25.7 Å². The fraction of sp³-hybridized carbons (Fsp3) is 0.933. The molecule has 0 aliphatic heterocycles. The maximum Gasteiger partial charge on any atom is 0.0804 e. The molecule has 4 aliphatic carbocycles. The summed E-state index contributed by atoms with van der Waals surface area (Å²) in [6.07, 6.45) is 10.6. The third-order valence-corrected chi connectivity index (χ3v) is 11.6. The van der Waals surface area contributed by atoms with Gasteiger partial charge in [-0.15, -0.1) is 0 Å². The van der Waals surface area contributed by atoms with Crippen molar-refractivity contribution >= 4 is 0 Å². The van der Waals surface area contributed by atoms with Crippen LogP contribution >= 0.6 is 0 Å². The van der Waals surface area contributed by atoms with Crippen molar-refractivity contribution in [2.45, 2.75) is 112 Å². The van der Waals surface area contributed by atoms with Crippen molar-refractivity contribution in [1.29, 1.82) is 0 Å². The quantitative estimate of drug-likeness (QED) is 0.437. The summed E-state index contributed by atoms with van der Waals surface area (Å²) >= 11 is 0. The fourth-order valence-electron chi connectivity index (χ4n) is 9.88. The minimum Gasteiger partial charge on any atom is -0.393 e. The first-order valence-corrected chi connectivity index (χ1v) is 14.1. The van der Waals surface area contributed by atoms with Gasteiger partial charge in [0, 0.05) is 0 Å². The highest BCUT2D eigenvalue weighted by Crippen LogP contribution is 2.68. The van der Waals surface area contributed by atoms with Gasteiger partial charge in [-0.3, -0.25) is 0 Å². The Morgan fingerprint density at radius 1 is 0.697 bits per heavy atom. The third kappa shape index (κ3) is 4.27. The summed E-state index contributed by atoms with van der Waals surface area (Å²) in [4.78, 5) is 0. The second-order valence-corrected chi connectivity index (χ2v) is 13.9. The Balaban J connectivity index is 1.54. The predicted octanol–water partition coefficient (Wildman–Crippen LogP) is 6.07. The summed E-state index contributed by atoms with van der Waals surface area (Å²) in [7, 11) is 0. The van der Waals surface area contributed by atoms with Crippen LogP contribution in [0.2, 0.25) is 0 Å². The number of aliphatic hydroxyl groups excluding tert-OH is 3. The van der Waals surface area contributed by atoms with Crippen molar-refractivity contribution in [3.8, 4) is 0 Å². The molecular formula is C30H52O3. The summed E-state index contributed by atoms with van der Waals surface area (Å²) in [6.45, 7) is 16.7. The molecule has 1 unspecified atom stereocenters. The molecule has 0 spiro atoms. The van der Waals surface area contributed by atoms with Gasteiger partial charge < -0.3 is 15.3 Å². The van der Waals surface area contributed by atoms with Gasteiger partial charge in [-0.05, 0) is 109 Å². The van der Waals surface area contributed by atoms with Crippen LogP contribution < -0.4 is 0 Å². The molecule has 33 heavy (non-hydrogen) atoms. The summed E-state index contributed by atoms with van der Waals surface area (Å²) in [5.41, 5.74) is 0.305. The topological polar surface area (TPSA) is 60.7 Å². The molecule has 0 aromatic heterocycles. The first kappa shape index (κ1) is 25.7. The van der Waals surface area contributed by atoms with E-state index in [0.29, 0.717) is 59.7 Å². The summed E-state index contributed by atoms with van der Waals surface area (Å²) in [6, 6.07) is 0.